The number of likely N-dealkylation sites (tertiary alicyclic amines) is 2. The number of hydrogen-bond acceptors (Lipinski definition) is 6. The first-order chi connectivity index (χ1) is 20.4. The fourth-order valence-electron chi connectivity index (χ4n) is 5.93. The largest absolute Gasteiger partial charge is 0.341 e. The number of halogens is 3. The molecule has 0 unspecified atom stereocenters. The fourth-order valence-corrected chi connectivity index (χ4v) is 6.22. The van der Waals surface area contributed by atoms with Crippen LogP contribution in [0.2, 0.25) is 10.0 Å². The van der Waals surface area contributed by atoms with Crippen molar-refractivity contribution in [1.29, 1.82) is 0 Å². The molecule has 2 fully saturated rings. The Labute approximate surface area is 255 Å². The highest BCUT2D eigenvalue weighted by Gasteiger charge is 2.31. The number of rotatable bonds is 10. The minimum atomic E-state index is -0.195. The lowest BCUT2D eigenvalue weighted by molar-refractivity contribution is -0.135. The summed E-state index contributed by atoms with van der Waals surface area (Å²) in [6.07, 6.45) is 6.64. The summed E-state index contributed by atoms with van der Waals surface area (Å²) in [5.74, 6) is 0.222. The van der Waals surface area contributed by atoms with Gasteiger partial charge in [-0.1, -0.05) is 35.3 Å². The Kier molecular flexibility index (Phi) is 10.4. The van der Waals surface area contributed by atoms with Gasteiger partial charge in [0, 0.05) is 31.2 Å². The van der Waals surface area contributed by atoms with Gasteiger partial charge in [-0.25, -0.2) is 9.07 Å². The molecular formula is C30H36Cl2FN7O2. The number of nitrogens with zero attached hydrogens (tertiary/aromatic N) is 7. The second-order valence-electron chi connectivity index (χ2n) is 11.2. The molecule has 1 aromatic heterocycles. The summed E-state index contributed by atoms with van der Waals surface area (Å²) in [5.41, 5.74) is 1.93. The highest BCUT2D eigenvalue weighted by atomic mass is 35.5. The van der Waals surface area contributed by atoms with Gasteiger partial charge in [-0.3, -0.25) is 9.59 Å². The van der Waals surface area contributed by atoms with Crippen LogP contribution in [0.1, 0.15) is 37.7 Å². The van der Waals surface area contributed by atoms with Crippen LogP contribution < -0.4 is 4.90 Å². The summed E-state index contributed by atoms with van der Waals surface area (Å²) in [5, 5.41) is 11.8. The molecule has 2 amide bonds. The summed E-state index contributed by atoms with van der Waals surface area (Å²) in [7, 11) is 0. The van der Waals surface area contributed by atoms with Crippen molar-refractivity contribution in [2.45, 2.75) is 45.1 Å². The predicted molar refractivity (Wildman–Crippen MR) is 160 cm³/mol. The van der Waals surface area contributed by atoms with Crippen molar-refractivity contribution in [2.24, 2.45) is 11.8 Å². The van der Waals surface area contributed by atoms with Crippen LogP contribution in [-0.2, 0) is 22.6 Å². The lowest BCUT2D eigenvalue weighted by Crippen LogP contribution is -2.46. The van der Waals surface area contributed by atoms with Gasteiger partial charge in [0.25, 0.3) is 0 Å². The third-order valence-corrected chi connectivity index (χ3v) is 9.11. The fraction of sp³-hybridized carbons (Fsp3) is 0.500. The van der Waals surface area contributed by atoms with E-state index in [-0.39, 0.29) is 30.1 Å². The van der Waals surface area contributed by atoms with Gasteiger partial charge in [0.2, 0.25) is 11.8 Å². The molecule has 0 saturated carbocycles. The van der Waals surface area contributed by atoms with Crippen molar-refractivity contribution in [2.75, 3.05) is 44.2 Å². The molecule has 224 valence electrons. The van der Waals surface area contributed by atoms with Crippen molar-refractivity contribution < 1.29 is 14.0 Å². The summed E-state index contributed by atoms with van der Waals surface area (Å²) in [6.45, 7) is 4.63. The quantitative estimate of drug-likeness (QED) is 0.327. The van der Waals surface area contributed by atoms with E-state index in [4.69, 9.17) is 23.2 Å². The third kappa shape index (κ3) is 8.05. The Morgan fingerprint density at radius 1 is 0.952 bits per heavy atom. The lowest BCUT2D eigenvalue weighted by Gasteiger charge is -2.35. The normalized spacial score (nSPS) is 17.0. The first-order valence-electron chi connectivity index (χ1n) is 14.6. The molecule has 0 spiro atoms. The van der Waals surface area contributed by atoms with Crippen LogP contribution in [0.25, 0.3) is 0 Å². The number of tetrazole rings is 1. The molecule has 3 aromatic rings. The van der Waals surface area contributed by atoms with E-state index >= 15 is 0 Å². The van der Waals surface area contributed by atoms with Crippen LogP contribution in [0.3, 0.4) is 0 Å². The number of aromatic nitrogens is 4. The molecule has 5 rings (SSSR count). The average Bonchev–Trinajstić information content (AvgIpc) is 3.52. The van der Waals surface area contributed by atoms with Crippen LogP contribution in [0, 0.1) is 17.7 Å². The van der Waals surface area contributed by atoms with Crippen LogP contribution in [-0.4, -0.2) is 81.1 Å². The zero-order valence-corrected chi connectivity index (χ0v) is 25.1. The molecule has 0 aliphatic carbocycles. The van der Waals surface area contributed by atoms with E-state index in [1.807, 2.05) is 23.1 Å². The third-order valence-electron chi connectivity index (χ3n) is 8.37. The van der Waals surface area contributed by atoms with E-state index in [9.17, 15) is 14.0 Å². The van der Waals surface area contributed by atoms with Crippen molar-refractivity contribution in [3.05, 3.63) is 70.2 Å². The summed E-state index contributed by atoms with van der Waals surface area (Å²) >= 11 is 12.5. The van der Waals surface area contributed by atoms with E-state index in [0.717, 1.165) is 51.0 Å². The second kappa shape index (κ2) is 14.4. The van der Waals surface area contributed by atoms with Gasteiger partial charge >= 0.3 is 0 Å². The molecule has 0 bridgehead atoms. The predicted octanol–water partition coefficient (Wildman–Crippen LogP) is 4.74. The Hall–Kier alpha value is -3.08. The van der Waals surface area contributed by atoms with Crippen LogP contribution in [0.4, 0.5) is 10.1 Å². The minimum absolute atomic E-state index is 0.0546. The number of carbonyl (C=O) groups excluding carboxylic acids is 2. The van der Waals surface area contributed by atoms with Crippen molar-refractivity contribution in [1.82, 2.24) is 30.0 Å². The highest BCUT2D eigenvalue weighted by molar-refractivity contribution is 6.42. The highest BCUT2D eigenvalue weighted by Crippen LogP contribution is 2.30. The molecule has 12 heteroatoms. The molecule has 0 radical (unpaired) electrons. The summed E-state index contributed by atoms with van der Waals surface area (Å²) in [6, 6.07) is 12.2. The number of benzene rings is 2. The lowest BCUT2D eigenvalue weighted by atomic mass is 9.90. The molecule has 0 atom stereocenters. The topological polar surface area (TPSA) is 87.5 Å². The molecule has 2 saturated heterocycles. The Morgan fingerprint density at radius 3 is 2.36 bits per heavy atom. The monoisotopic (exact) mass is 615 g/mol. The molecule has 3 heterocycles. The van der Waals surface area contributed by atoms with E-state index in [0.29, 0.717) is 48.4 Å². The maximum Gasteiger partial charge on any atom is 0.244 e. The molecule has 9 nitrogen and oxygen atoms in total. The van der Waals surface area contributed by atoms with Crippen molar-refractivity contribution >= 4 is 40.7 Å². The number of amides is 2. The molecule has 2 aromatic carbocycles. The molecule has 42 heavy (non-hydrogen) atoms. The molecular weight excluding hydrogens is 580 g/mol. The van der Waals surface area contributed by atoms with Gasteiger partial charge in [-0.15, -0.1) is 5.10 Å². The van der Waals surface area contributed by atoms with Gasteiger partial charge in [-0.2, -0.15) is 0 Å². The van der Waals surface area contributed by atoms with Gasteiger partial charge < -0.3 is 14.7 Å². The van der Waals surface area contributed by atoms with E-state index in [1.165, 1.54) is 28.7 Å². The van der Waals surface area contributed by atoms with Crippen LogP contribution in [0.15, 0.2) is 48.8 Å². The van der Waals surface area contributed by atoms with Gasteiger partial charge in [0.05, 0.1) is 10.0 Å². The van der Waals surface area contributed by atoms with Gasteiger partial charge in [0.15, 0.2) is 0 Å². The van der Waals surface area contributed by atoms with Crippen molar-refractivity contribution in [3.63, 3.8) is 0 Å². The number of piperidine rings is 2. The summed E-state index contributed by atoms with van der Waals surface area (Å²) in [4.78, 5) is 32.6. The van der Waals surface area contributed by atoms with Crippen LogP contribution in [0.5, 0.6) is 0 Å². The maximum atomic E-state index is 13.8. The van der Waals surface area contributed by atoms with Gasteiger partial charge in [0.1, 0.15) is 18.7 Å². The molecule has 2 aliphatic rings. The standard InChI is InChI=1S/C30H36Cl2FN7O2/c31-27-7-6-26(19-28(27)32)40(30(42)24-10-16-38(17-11-24)29(41)20-39-21-34-35-36-39)13-1-12-37-14-8-23(9-15-37)18-22-2-4-25(33)5-3-22/h2-7,19,21,23-24H,1,8-18,20H2. The van der Waals surface area contributed by atoms with E-state index in [2.05, 4.69) is 20.4 Å². The minimum Gasteiger partial charge on any atom is -0.341 e. The van der Waals surface area contributed by atoms with Crippen LogP contribution >= 0.6 is 23.2 Å². The zero-order chi connectivity index (χ0) is 29.5. The van der Waals surface area contributed by atoms with E-state index in [1.54, 1.807) is 17.0 Å². The Bertz CT molecular complexity index is 1330. The van der Waals surface area contributed by atoms with Crippen molar-refractivity contribution in [3.8, 4) is 0 Å². The Morgan fingerprint density at radius 2 is 1.69 bits per heavy atom. The summed E-state index contributed by atoms with van der Waals surface area (Å²) < 4.78 is 14.6. The first-order valence-corrected chi connectivity index (χ1v) is 15.3. The SMILES string of the molecule is O=C(Cn1cnnn1)N1CCC(C(=O)N(CCCN2CCC(Cc3ccc(F)cc3)CC2)c2ccc(Cl)c(Cl)c2)CC1. The van der Waals surface area contributed by atoms with E-state index < -0.39 is 0 Å². The smallest absolute Gasteiger partial charge is 0.244 e. The number of hydrogen-bond donors (Lipinski definition) is 0. The Balaban J connectivity index is 1.13. The molecule has 2 aliphatic heterocycles. The average molecular weight is 617 g/mol. The first kappa shape index (κ1) is 30.4. The number of carbonyl (C=O) groups is 2. The van der Waals surface area contributed by atoms with Gasteiger partial charge in [-0.05, 0) is 110 Å². The number of anilines is 1. The zero-order valence-electron chi connectivity index (χ0n) is 23.5. The second-order valence-corrected chi connectivity index (χ2v) is 12.0. The molecule has 0 N–H and O–H groups in total. The maximum absolute atomic E-state index is 13.8.